The van der Waals surface area contributed by atoms with E-state index in [1.54, 1.807) is 6.21 Å². The lowest BCUT2D eigenvalue weighted by molar-refractivity contribution is -0.0502. The predicted octanol–water partition coefficient (Wildman–Crippen LogP) is 7.39. The number of amides is 2. The Labute approximate surface area is 260 Å². The third kappa shape index (κ3) is 12.9. The van der Waals surface area contributed by atoms with Crippen LogP contribution in [0.4, 0.5) is 9.59 Å². The molecule has 0 radical (unpaired) electrons. The van der Waals surface area contributed by atoms with Crippen LogP contribution in [-0.4, -0.2) is 47.3 Å². The lowest BCUT2D eigenvalue weighted by atomic mass is 10.0. The Balaban J connectivity index is 1.75. The number of hydrogen-bond acceptors (Lipinski definition) is 7. The Hall–Kier alpha value is -4.37. The number of nitrogens with zero attached hydrogens (tertiary/aromatic N) is 2. The standard InChI is InChI=1S/C35H45N3O6/c1-2-3-4-5-6-7-17-24-33(44-36-25-29-18-11-8-12-19-29)32(26-39)38(35(41)43-28-31-22-15-10-16-23-31)37-34(40)42-27-30-20-13-9-14-21-30/h8-16,18-23,25,32-33,39H,2-7,17,24,26-28H2,1H3,(H,37,40)/b36-25+/t32-,33-/m1/s1. The van der Waals surface area contributed by atoms with E-state index in [9.17, 15) is 14.7 Å². The van der Waals surface area contributed by atoms with Gasteiger partial charge in [-0.25, -0.2) is 20.0 Å². The van der Waals surface area contributed by atoms with Crippen molar-refractivity contribution in [2.24, 2.45) is 5.16 Å². The van der Waals surface area contributed by atoms with E-state index in [0.717, 1.165) is 47.4 Å². The van der Waals surface area contributed by atoms with Crippen LogP contribution in [0.15, 0.2) is 96.2 Å². The second-order valence-corrected chi connectivity index (χ2v) is 10.5. The van der Waals surface area contributed by atoms with E-state index in [1.807, 2.05) is 91.0 Å². The molecular weight excluding hydrogens is 558 g/mol. The number of aliphatic hydroxyl groups is 1. The summed E-state index contributed by atoms with van der Waals surface area (Å²) < 4.78 is 10.9. The molecule has 236 valence electrons. The van der Waals surface area contributed by atoms with Gasteiger partial charge in [0.2, 0.25) is 0 Å². The molecule has 3 aromatic rings. The quantitative estimate of drug-likeness (QED) is 0.0892. The highest BCUT2D eigenvalue weighted by Gasteiger charge is 2.35. The van der Waals surface area contributed by atoms with Crippen molar-refractivity contribution >= 4 is 18.4 Å². The monoisotopic (exact) mass is 603 g/mol. The normalized spacial score (nSPS) is 12.3. The van der Waals surface area contributed by atoms with Gasteiger partial charge in [-0.15, -0.1) is 0 Å². The molecule has 44 heavy (non-hydrogen) atoms. The summed E-state index contributed by atoms with van der Waals surface area (Å²) in [6.07, 6.45) is 7.20. The maximum Gasteiger partial charge on any atom is 0.429 e. The number of unbranched alkanes of at least 4 members (excludes halogenated alkanes) is 6. The number of ether oxygens (including phenoxy) is 2. The van der Waals surface area contributed by atoms with Crippen LogP contribution in [0.2, 0.25) is 0 Å². The van der Waals surface area contributed by atoms with Gasteiger partial charge in [-0.3, -0.25) is 0 Å². The molecule has 0 fully saturated rings. The zero-order chi connectivity index (χ0) is 31.2. The average molecular weight is 604 g/mol. The van der Waals surface area contributed by atoms with E-state index in [4.69, 9.17) is 14.3 Å². The molecule has 0 aromatic heterocycles. The molecule has 0 saturated heterocycles. The van der Waals surface area contributed by atoms with E-state index in [2.05, 4.69) is 17.5 Å². The fourth-order valence-corrected chi connectivity index (χ4v) is 4.60. The fraction of sp³-hybridized carbons (Fsp3) is 0.400. The first-order valence-corrected chi connectivity index (χ1v) is 15.4. The molecular formula is C35H45N3O6. The molecule has 0 heterocycles. The van der Waals surface area contributed by atoms with Gasteiger partial charge >= 0.3 is 12.2 Å². The SMILES string of the molecule is CCCCCCCCC[C@@H](O/N=C/c1ccccc1)[C@@H](CO)N(NC(=O)OCc1ccccc1)C(=O)OCc1ccccc1. The molecule has 0 spiro atoms. The van der Waals surface area contributed by atoms with E-state index in [0.29, 0.717) is 6.42 Å². The lowest BCUT2D eigenvalue weighted by Gasteiger charge is -2.33. The van der Waals surface area contributed by atoms with Crippen LogP contribution in [0.3, 0.4) is 0 Å². The first-order valence-electron chi connectivity index (χ1n) is 15.4. The Kier molecular flexibility index (Phi) is 15.9. The summed E-state index contributed by atoms with van der Waals surface area (Å²) in [5.41, 5.74) is 4.89. The van der Waals surface area contributed by atoms with Crippen LogP contribution in [0.1, 0.15) is 75.0 Å². The molecule has 0 aliphatic carbocycles. The molecule has 9 nitrogen and oxygen atoms in total. The van der Waals surface area contributed by atoms with Gasteiger partial charge in [0.15, 0.2) is 6.10 Å². The third-order valence-electron chi connectivity index (χ3n) is 7.06. The topological polar surface area (TPSA) is 110 Å². The predicted molar refractivity (Wildman–Crippen MR) is 171 cm³/mol. The number of oxime groups is 1. The molecule has 2 atom stereocenters. The molecule has 0 unspecified atom stereocenters. The van der Waals surface area contributed by atoms with Crippen LogP contribution >= 0.6 is 0 Å². The van der Waals surface area contributed by atoms with Gasteiger partial charge in [0.1, 0.15) is 19.3 Å². The summed E-state index contributed by atoms with van der Waals surface area (Å²) in [4.78, 5) is 32.2. The van der Waals surface area contributed by atoms with E-state index in [-0.39, 0.29) is 13.2 Å². The Morgan fingerprint density at radius 1 is 0.795 bits per heavy atom. The van der Waals surface area contributed by atoms with Crippen molar-refractivity contribution in [3.05, 3.63) is 108 Å². The van der Waals surface area contributed by atoms with Crippen LogP contribution < -0.4 is 5.43 Å². The molecule has 0 bridgehead atoms. The zero-order valence-electron chi connectivity index (χ0n) is 25.6. The average Bonchev–Trinajstić information content (AvgIpc) is 3.06. The minimum absolute atomic E-state index is 0.00268. The largest absolute Gasteiger partial charge is 0.443 e. The number of carbonyl (C=O) groups is 2. The Morgan fingerprint density at radius 2 is 1.34 bits per heavy atom. The maximum atomic E-state index is 13.4. The van der Waals surface area contributed by atoms with E-state index >= 15 is 0 Å². The molecule has 9 heteroatoms. The minimum Gasteiger partial charge on any atom is -0.443 e. The number of aliphatic hydroxyl groups excluding tert-OH is 1. The Morgan fingerprint density at radius 3 is 1.93 bits per heavy atom. The molecule has 2 amide bonds. The fourth-order valence-electron chi connectivity index (χ4n) is 4.60. The summed E-state index contributed by atoms with van der Waals surface area (Å²) >= 11 is 0. The second-order valence-electron chi connectivity index (χ2n) is 10.5. The number of benzene rings is 3. The van der Waals surface area contributed by atoms with E-state index < -0.39 is 30.9 Å². The smallest absolute Gasteiger partial charge is 0.429 e. The van der Waals surface area contributed by atoms with Crippen molar-refractivity contribution in [1.29, 1.82) is 0 Å². The summed E-state index contributed by atoms with van der Waals surface area (Å²) in [7, 11) is 0. The first kappa shape index (κ1) is 34.1. The van der Waals surface area contributed by atoms with Crippen LogP contribution in [0.5, 0.6) is 0 Å². The zero-order valence-corrected chi connectivity index (χ0v) is 25.6. The van der Waals surface area contributed by atoms with Gasteiger partial charge in [-0.1, -0.05) is 142 Å². The summed E-state index contributed by atoms with van der Waals surface area (Å²) in [6, 6.07) is 26.9. The third-order valence-corrected chi connectivity index (χ3v) is 7.06. The molecule has 0 aliphatic heterocycles. The highest BCUT2D eigenvalue weighted by atomic mass is 16.6. The van der Waals surface area contributed by atoms with Gasteiger partial charge in [-0.05, 0) is 29.5 Å². The molecule has 0 aliphatic rings. The van der Waals surface area contributed by atoms with Gasteiger partial charge in [0, 0.05) is 0 Å². The summed E-state index contributed by atoms with van der Waals surface area (Å²) in [5.74, 6) is 0. The number of hydrogen-bond donors (Lipinski definition) is 2. The second kappa shape index (κ2) is 20.5. The number of rotatable bonds is 18. The van der Waals surface area contributed by atoms with Crippen molar-refractivity contribution in [3.63, 3.8) is 0 Å². The molecule has 2 N–H and O–H groups in total. The van der Waals surface area contributed by atoms with Crippen LogP contribution in [0, 0.1) is 0 Å². The number of hydrazine groups is 1. The van der Waals surface area contributed by atoms with Gasteiger partial charge in [-0.2, -0.15) is 0 Å². The van der Waals surface area contributed by atoms with Crippen LogP contribution in [-0.2, 0) is 27.5 Å². The highest BCUT2D eigenvalue weighted by molar-refractivity contribution is 5.78. The van der Waals surface area contributed by atoms with E-state index in [1.165, 1.54) is 19.3 Å². The Bertz CT molecular complexity index is 1230. The van der Waals surface area contributed by atoms with Crippen molar-refractivity contribution in [1.82, 2.24) is 10.4 Å². The molecule has 3 aromatic carbocycles. The summed E-state index contributed by atoms with van der Waals surface area (Å²) in [5, 5.41) is 15.7. The van der Waals surface area contributed by atoms with Gasteiger partial charge in [0.05, 0.1) is 12.8 Å². The minimum atomic E-state index is -1.00. The van der Waals surface area contributed by atoms with Crippen molar-refractivity contribution in [2.45, 2.75) is 83.6 Å². The maximum absolute atomic E-state index is 13.4. The molecule has 0 saturated carbocycles. The highest BCUT2D eigenvalue weighted by Crippen LogP contribution is 2.18. The van der Waals surface area contributed by atoms with Crippen molar-refractivity contribution < 1.29 is 29.0 Å². The number of nitrogens with one attached hydrogen (secondary N) is 1. The van der Waals surface area contributed by atoms with Crippen molar-refractivity contribution in [3.8, 4) is 0 Å². The van der Waals surface area contributed by atoms with Gasteiger partial charge in [0.25, 0.3) is 0 Å². The van der Waals surface area contributed by atoms with Gasteiger partial charge < -0.3 is 19.4 Å². The lowest BCUT2D eigenvalue weighted by Crippen LogP contribution is -2.58. The first-order chi connectivity index (χ1) is 21.6. The van der Waals surface area contributed by atoms with Crippen molar-refractivity contribution in [2.75, 3.05) is 6.61 Å². The molecule has 3 rings (SSSR count). The summed E-state index contributed by atoms with van der Waals surface area (Å²) in [6.45, 7) is 1.66. The number of carbonyl (C=O) groups excluding carboxylic acids is 2. The van der Waals surface area contributed by atoms with Crippen LogP contribution in [0.25, 0.3) is 0 Å².